The highest BCUT2D eigenvalue weighted by atomic mass is 16.2. The van der Waals surface area contributed by atoms with E-state index in [0.29, 0.717) is 5.91 Å². The van der Waals surface area contributed by atoms with Crippen molar-refractivity contribution in [3.05, 3.63) is 0 Å². The van der Waals surface area contributed by atoms with Crippen LogP contribution in [-0.4, -0.2) is 36.0 Å². The van der Waals surface area contributed by atoms with E-state index in [-0.39, 0.29) is 5.54 Å². The molecule has 0 bridgehead atoms. The highest BCUT2D eigenvalue weighted by molar-refractivity contribution is 5.86. The molecule has 2 aliphatic heterocycles. The molecule has 2 rings (SSSR count). The molecule has 0 spiro atoms. The number of rotatable bonds is 4. The number of carbonyl (C=O) groups is 1. The fraction of sp³-hybridized carbons (Fsp3) is 0.933. The van der Waals surface area contributed by atoms with Gasteiger partial charge in [-0.05, 0) is 44.6 Å². The van der Waals surface area contributed by atoms with Gasteiger partial charge >= 0.3 is 0 Å². The summed E-state index contributed by atoms with van der Waals surface area (Å²) in [6.45, 7) is 7.40. The maximum absolute atomic E-state index is 12.8. The monoisotopic (exact) mass is 252 g/mol. The molecule has 2 unspecified atom stereocenters. The minimum absolute atomic E-state index is 0.218. The topological polar surface area (TPSA) is 32.3 Å². The number of carbonyl (C=O) groups excluding carboxylic acids is 1. The van der Waals surface area contributed by atoms with E-state index >= 15 is 0 Å². The number of hydrogen-bond donors (Lipinski definition) is 1. The molecule has 0 aliphatic carbocycles. The van der Waals surface area contributed by atoms with Crippen molar-refractivity contribution < 1.29 is 4.79 Å². The number of nitrogens with one attached hydrogen (secondary N) is 1. The Morgan fingerprint density at radius 3 is 2.83 bits per heavy atom. The summed E-state index contributed by atoms with van der Waals surface area (Å²) in [5, 5.41) is 3.51. The third-order valence-corrected chi connectivity index (χ3v) is 4.71. The van der Waals surface area contributed by atoms with Gasteiger partial charge in [-0.1, -0.05) is 26.7 Å². The van der Waals surface area contributed by atoms with Crippen molar-refractivity contribution in [1.29, 1.82) is 0 Å². The van der Waals surface area contributed by atoms with Crippen molar-refractivity contribution in [2.24, 2.45) is 5.92 Å². The normalized spacial score (nSPS) is 32.8. The Balaban J connectivity index is 2.04. The van der Waals surface area contributed by atoms with Crippen LogP contribution in [0.1, 0.15) is 58.8 Å². The molecule has 3 heteroatoms. The SMILES string of the molecule is CCCC1(C(=O)N2CCCC(CC)C2)CCCN1. The molecule has 0 aromatic heterocycles. The van der Waals surface area contributed by atoms with Gasteiger partial charge in [0.1, 0.15) is 0 Å². The first-order chi connectivity index (χ1) is 8.72. The zero-order valence-corrected chi connectivity index (χ0v) is 12.0. The Morgan fingerprint density at radius 1 is 1.39 bits per heavy atom. The number of amides is 1. The predicted octanol–water partition coefficient (Wildman–Crippen LogP) is 2.56. The Hall–Kier alpha value is -0.570. The predicted molar refractivity (Wildman–Crippen MR) is 74.5 cm³/mol. The molecule has 2 aliphatic rings. The van der Waals surface area contributed by atoms with Gasteiger partial charge in [-0.15, -0.1) is 0 Å². The standard InChI is InChI=1S/C15H28N2O/c1-3-8-15(9-6-10-16-15)14(18)17-11-5-7-13(4-2)12-17/h13,16H,3-12H2,1-2H3. The first-order valence-corrected chi connectivity index (χ1v) is 7.76. The van der Waals surface area contributed by atoms with Crippen molar-refractivity contribution >= 4 is 5.91 Å². The van der Waals surface area contributed by atoms with Gasteiger partial charge in [0, 0.05) is 13.1 Å². The van der Waals surface area contributed by atoms with E-state index in [4.69, 9.17) is 0 Å². The van der Waals surface area contributed by atoms with E-state index in [9.17, 15) is 4.79 Å². The van der Waals surface area contributed by atoms with Crippen LogP contribution in [-0.2, 0) is 4.79 Å². The van der Waals surface area contributed by atoms with Crippen molar-refractivity contribution in [1.82, 2.24) is 10.2 Å². The lowest BCUT2D eigenvalue weighted by atomic mass is 9.88. The summed E-state index contributed by atoms with van der Waals surface area (Å²) in [6, 6.07) is 0. The largest absolute Gasteiger partial charge is 0.341 e. The van der Waals surface area contributed by atoms with E-state index in [0.717, 1.165) is 51.2 Å². The zero-order valence-electron chi connectivity index (χ0n) is 12.0. The van der Waals surface area contributed by atoms with Crippen molar-refractivity contribution in [2.45, 2.75) is 64.3 Å². The summed E-state index contributed by atoms with van der Waals surface area (Å²) in [5.41, 5.74) is -0.218. The highest BCUT2D eigenvalue weighted by Crippen LogP contribution is 2.29. The van der Waals surface area contributed by atoms with E-state index in [1.54, 1.807) is 0 Å². The number of likely N-dealkylation sites (tertiary alicyclic amines) is 1. The molecular weight excluding hydrogens is 224 g/mol. The van der Waals surface area contributed by atoms with Crippen LogP contribution in [0.4, 0.5) is 0 Å². The van der Waals surface area contributed by atoms with Crippen molar-refractivity contribution in [3.8, 4) is 0 Å². The summed E-state index contributed by atoms with van der Waals surface area (Å²) in [7, 11) is 0. The van der Waals surface area contributed by atoms with E-state index < -0.39 is 0 Å². The van der Waals surface area contributed by atoms with Gasteiger partial charge in [-0.3, -0.25) is 4.79 Å². The Bertz CT molecular complexity index is 284. The van der Waals surface area contributed by atoms with Crippen LogP contribution in [0.2, 0.25) is 0 Å². The number of hydrogen-bond acceptors (Lipinski definition) is 2. The van der Waals surface area contributed by atoms with Gasteiger partial charge in [0.15, 0.2) is 0 Å². The molecule has 0 saturated carbocycles. The Labute approximate surface area is 111 Å². The van der Waals surface area contributed by atoms with Gasteiger partial charge in [0.25, 0.3) is 0 Å². The Kier molecular flexibility index (Phi) is 4.66. The molecule has 1 amide bonds. The first-order valence-electron chi connectivity index (χ1n) is 7.76. The second-order valence-electron chi connectivity index (χ2n) is 6.03. The average molecular weight is 252 g/mol. The van der Waals surface area contributed by atoms with E-state index in [1.807, 2.05) is 0 Å². The average Bonchev–Trinajstić information content (AvgIpc) is 2.88. The molecule has 2 saturated heterocycles. The van der Waals surface area contributed by atoms with Crippen LogP contribution in [0.5, 0.6) is 0 Å². The molecule has 18 heavy (non-hydrogen) atoms. The molecular formula is C15H28N2O. The molecule has 0 aromatic carbocycles. The van der Waals surface area contributed by atoms with Crippen LogP contribution in [0.15, 0.2) is 0 Å². The van der Waals surface area contributed by atoms with Gasteiger partial charge in [0.05, 0.1) is 5.54 Å². The smallest absolute Gasteiger partial charge is 0.242 e. The highest BCUT2D eigenvalue weighted by Gasteiger charge is 2.43. The molecule has 2 atom stereocenters. The molecule has 2 heterocycles. The summed E-state index contributed by atoms with van der Waals surface area (Å²) in [6.07, 6.45) is 7.96. The Morgan fingerprint density at radius 2 is 2.22 bits per heavy atom. The summed E-state index contributed by atoms with van der Waals surface area (Å²) < 4.78 is 0. The van der Waals surface area contributed by atoms with Crippen LogP contribution in [0.25, 0.3) is 0 Å². The fourth-order valence-electron chi connectivity index (χ4n) is 3.62. The van der Waals surface area contributed by atoms with E-state index in [1.165, 1.54) is 19.3 Å². The lowest BCUT2D eigenvalue weighted by molar-refractivity contribution is -0.140. The van der Waals surface area contributed by atoms with Gasteiger partial charge in [-0.2, -0.15) is 0 Å². The van der Waals surface area contributed by atoms with Crippen LogP contribution in [0.3, 0.4) is 0 Å². The lowest BCUT2D eigenvalue weighted by Gasteiger charge is -2.39. The molecule has 1 N–H and O–H groups in total. The molecule has 3 nitrogen and oxygen atoms in total. The quantitative estimate of drug-likeness (QED) is 0.834. The maximum atomic E-state index is 12.8. The van der Waals surface area contributed by atoms with Crippen LogP contribution >= 0.6 is 0 Å². The second-order valence-corrected chi connectivity index (χ2v) is 6.03. The van der Waals surface area contributed by atoms with Crippen molar-refractivity contribution in [3.63, 3.8) is 0 Å². The molecule has 0 aromatic rings. The molecule has 2 fully saturated rings. The minimum atomic E-state index is -0.218. The molecule has 0 radical (unpaired) electrons. The van der Waals surface area contributed by atoms with Gasteiger partial charge < -0.3 is 10.2 Å². The van der Waals surface area contributed by atoms with Gasteiger partial charge in [-0.25, -0.2) is 0 Å². The minimum Gasteiger partial charge on any atom is -0.341 e. The third kappa shape index (κ3) is 2.71. The van der Waals surface area contributed by atoms with E-state index in [2.05, 4.69) is 24.1 Å². The maximum Gasteiger partial charge on any atom is 0.242 e. The number of piperidine rings is 1. The summed E-state index contributed by atoms with van der Waals surface area (Å²) >= 11 is 0. The number of nitrogens with zero attached hydrogens (tertiary/aromatic N) is 1. The van der Waals surface area contributed by atoms with Gasteiger partial charge in [0.2, 0.25) is 5.91 Å². The summed E-state index contributed by atoms with van der Waals surface area (Å²) in [5.74, 6) is 1.11. The lowest BCUT2D eigenvalue weighted by Crippen LogP contribution is -2.56. The zero-order chi connectivity index (χ0) is 13.0. The fourth-order valence-corrected chi connectivity index (χ4v) is 3.62. The summed E-state index contributed by atoms with van der Waals surface area (Å²) in [4.78, 5) is 15.0. The van der Waals surface area contributed by atoms with Crippen LogP contribution in [0, 0.1) is 5.92 Å². The molecule has 104 valence electrons. The van der Waals surface area contributed by atoms with Crippen molar-refractivity contribution in [2.75, 3.05) is 19.6 Å². The third-order valence-electron chi connectivity index (χ3n) is 4.71. The van der Waals surface area contributed by atoms with Crippen LogP contribution < -0.4 is 5.32 Å². The first kappa shape index (κ1) is 13.9. The second kappa shape index (κ2) is 6.05.